The molecule has 1 amide bonds. The molecule has 0 radical (unpaired) electrons. The van der Waals surface area contributed by atoms with Crippen molar-refractivity contribution >= 4 is 39.0 Å². The fourth-order valence-electron chi connectivity index (χ4n) is 1.50. The first-order chi connectivity index (χ1) is 7.58. The van der Waals surface area contributed by atoms with Gasteiger partial charge in [-0.15, -0.1) is 0 Å². The third-order valence-electron chi connectivity index (χ3n) is 2.48. The summed E-state index contributed by atoms with van der Waals surface area (Å²) in [7, 11) is 0. The Kier molecular flexibility index (Phi) is 3.30. The summed E-state index contributed by atoms with van der Waals surface area (Å²) in [6.07, 6.45) is 2.12. The van der Waals surface area contributed by atoms with Crippen molar-refractivity contribution in [3.05, 3.63) is 22.6 Å². The molecule has 1 aromatic rings. The van der Waals surface area contributed by atoms with Crippen molar-refractivity contribution in [1.29, 1.82) is 0 Å². The molecule has 1 aliphatic carbocycles. The lowest BCUT2D eigenvalue weighted by Gasteiger charge is -2.15. The number of carbonyl (C=O) groups is 1. The normalized spacial score (nSPS) is 16.8. The van der Waals surface area contributed by atoms with Crippen LogP contribution in [0.2, 0.25) is 0 Å². The van der Waals surface area contributed by atoms with Crippen LogP contribution in [-0.4, -0.2) is 16.9 Å². The van der Waals surface area contributed by atoms with Crippen molar-refractivity contribution in [2.75, 3.05) is 0 Å². The van der Waals surface area contributed by atoms with Crippen LogP contribution in [0.25, 0.3) is 0 Å². The Morgan fingerprint density at radius 2 is 2.31 bits per heavy atom. The highest BCUT2D eigenvalue weighted by molar-refractivity contribution is 9.10. The van der Waals surface area contributed by atoms with Crippen LogP contribution >= 0.6 is 28.1 Å². The van der Waals surface area contributed by atoms with Crippen LogP contribution in [-0.2, 0) is 0 Å². The fraction of sp³-hybridized carbons (Fsp3) is 0.400. The largest absolute Gasteiger partial charge is 0.444 e. The number of amides is 1. The van der Waals surface area contributed by atoms with Gasteiger partial charge in [0.05, 0.1) is 11.0 Å². The van der Waals surface area contributed by atoms with E-state index in [9.17, 15) is 4.79 Å². The second-order valence-electron chi connectivity index (χ2n) is 3.79. The lowest BCUT2D eigenvalue weighted by molar-refractivity contribution is 0.0914. The molecule has 3 N–H and O–H groups in total. The third kappa shape index (κ3) is 2.62. The van der Waals surface area contributed by atoms with E-state index in [0.717, 1.165) is 12.8 Å². The molecular formula is C10H11BrN2O2S. The van der Waals surface area contributed by atoms with E-state index in [0.29, 0.717) is 15.6 Å². The Labute approximate surface area is 107 Å². The first kappa shape index (κ1) is 11.6. The monoisotopic (exact) mass is 302 g/mol. The molecule has 16 heavy (non-hydrogen) atoms. The smallest absolute Gasteiger partial charge is 0.287 e. The molecule has 1 saturated carbocycles. The van der Waals surface area contributed by atoms with Crippen LogP contribution in [0.1, 0.15) is 23.4 Å². The molecule has 0 bridgehead atoms. The molecule has 0 aromatic carbocycles. The zero-order chi connectivity index (χ0) is 11.7. The molecule has 1 aliphatic rings. The van der Waals surface area contributed by atoms with Gasteiger partial charge < -0.3 is 15.5 Å². The Bertz CT molecular complexity index is 428. The highest BCUT2D eigenvalue weighted by atomic mass is 79.9. The summed E-state index contributed by atoms with van der Waals surface area (Å²) in [5.41, 5.74) is 5.59. The van der Waals surface area contributed by atoms with Crippen LogP contribution in [0.3, 0.4) is 0 Å². The number of halogens is 1. The van der Waals surface area contributed by atoms with E-state index >= 15 is 0 Å². The molecule has 86 valence electrons. The number of rotatable bonds is 4. The van der Waals surface area contributed by atoms with Gasteiger partial charge in [-0.2, -0.15) is 0 Å². The number of carbonyl (C=O) groups excluding carboxylic acids is 1. The van der Waals surface area contributed by atoms with Crippen molar-refractivity contribution in [1.82, 2.24) is 5.32 Å². The van der Waals surface area contributed by atoms with Gasteiger partial charge in [-0.3, -0.25) is 4.79 Å². The molecule has 1 aromatic heterocycles. The predicted octanol–water partition coefficient (Wildman–Crippen LogP) is 1.84. The summed E-state index contributed by atoms with van der Waals surface area (Å²) in [4.78, 5) is 12.1. The van der Waals surface area contributed by atoms with Crippen molar-refractivity contribution in [3.8, 4) is 0 Å². The summed E-state index contributed by atoms with van der Waals surface area (Å²) in [5, 5.41) is 2.79. The number of nitrogens with one attached hydrogen (secondary N) is 1. The molecule has 6 heteroatoms. The first-order valence-electron chi connectivity index (χ1n) is 4.93. The molecule has 0 spiro atoms. The van der Waals surface area contributed by atoms with Crippen LogP contribution < -0.4 is 11.1 Å². The van der Waals surface area contributed by atoms with Gasteiger partial charge in [-0.05, 0) is 46.8 Å². The van der Waals surface area contributed by atoms with E-state index in [4.69, 9.17) is 22.4 Å². The van der Waals surface area contributed by atoms with Crippen LogP contribution in [0.15, 0.2) is 21.2 Å². The van der Waals surface area contributed by atoms with Crippen molar-refractivity contribution in [3.63, 3.8) is 0 Å². The standard InChI is InChI=1S/C10H11BrN2O2S/c11-7-4-3-6(15-7)10(14)13-8(9(12)16)5-1-2-5/h3-5,8H,1-2H2,(H2,12,16)(H,13,14). The zero-order valence-corrected chi connectivity index (χ0v) is 10.8. The predicted molar refractivity (Wildman–Crippen MR) is 67.2 cm³/mol. The van der Waals surface area contributed by atoms with E-state index in [1.54, 1.807) is 12.1 Å². The fourth-order valence-corrected chi connectivity index (χ4v) is 2.06. The maximum atomic E-state index is 11.8. The Morgan fingerprint density at radius 1 is 1.62 bits per heavy atom. The van der Waals surface area contributed by atoms with E-state index in [1.165, 1.54) is 0 Å². The van der Waals surface area contributed by atoms with E-state index in [-0.39, 0.29) is 17.7 Å². The summed E-state index contributed by atoms with van der Waals surface area (Å²) in [6.45, 7) is 0. The second kappa shape index (κ2) is 4.55. The van der Waals surface area contributed by atoms with Gasteiger partial charge in [0.2, 0.25) is 0 Å². The van der Waals surface area contributed by atoms with Crippen LogP contribution in [0, 0.1) is 5.92 Å². The molecule has 1 heterocycles. The summed E-state index contributed by atoms with van der Waals surface area (Å²) in [6, 6.07) is 3.05. The third-order valence-corrected chi connectivity index (χ3v) is 3.16. The minimum absolute atomic E-state index is 0.216. The minimum atomic E-state index is -0.282. The molecule has 2 rings (SSSR count). The number of furan rings is 1. The number of thiocarbonyl (C=S) groups is 1. The van der Waals surface area contributed by atoms with E-state index in [2.05, 4.69) is 21.2 Å². The second-order valence-corrected chi connectivity index (χ2v) is 5.05. The molecule has 4 nitrogen and oxygen atoms in total. The van der Waals surface area contributed by atoms with Crippen LogP contribution in [0.4, 0.5) is 0 Å². The summed E-state index contributed by atoms with van der Waals surface area (Å²) >= 11 is 8.07. The quantitative estimate of drug-likeness (QED) is 0.833. The molecule has 1 unspecified atom stereocenters. The lowest BCUT2D eigenvalue weighted by Crippen LogP contribution is -2.44. The van der Waals surface area contributed by atoms with Gasteiger partial charge in [0.25, 0.3) is 5.91 Å². The number of nitrogens with two attached hydrogens (primary N) is 1. The molecule has 0 saturated heterocycles. The number of hydrogen-bond donors (Lipinski definition) is 2. The summed E-state index contributed by atoms with van der Waals surface area (Å²) in [5.74, 6) is 0.365. The topological polar surface area (TPSA) is 68.3 Å². The Balaban J connectivity index is 2.02. The van der Waals surface area contributed by atoms with Crippen molar-refractivity contribution in [2.24, 2.45) is 11.7 Å². The van der Waals surface area contributed by atoms with Gasteiger partial charge in [0.15, 0.2) is 10.4 Å². The zero-order valence-electron chi connectivity index (χ0n) is 8.40. The van der Waals surface area contributed by atoms with E-state index in [1.807, 2.05) is 0 Å². The SMILES string of the molecule is NC(=S)C(NC(=O)c1ccc(Br)o1)C1CC1. The van der Waals surface area contributed by atoms with Gasteiger partial charge in [-0.25, -0.2) is 0 Å². The lowest BCUT2D eigenvalue weighted by atomic mass is 10.2. The van der Waals surface area contributed by atoms with Gasteiger partial charge in [0.1, 0.15) is 0 Å². The van der Waals surface area contributed by atoms with E-state index < -0.39 is 0 Å². The molecule has 1 fully saturated rings. The van der Waals surface area contributed by atoms with Gasteiger partial charge >= 0.3 is 0 Å². The first-order valence-corrected chi connectivity index (χ1v) is 6.13. The average Bonchev–Trinajstić information content (AvgIpc) is 2.96. The molecule has 1 atom stereocenters. The highest BCUT2D eigenvalue weighted by Gasteiger charge is 2.34. The highest BCUT2D eigenvalue weighted by Crippen LogP contribution is 2.33. The average molecular weight is 303 g/mol. The molecule has 0 aliphatic heterocycles. The van der Waals surface area contributed by atoms with Gasteiger partial charge in [0, 0.05) is 0 Å². The maximum absolute atomic E-state index is 11.8. The van der Waals surface area contributed by atoms with Gasteiger partial charge in [-0.1, -0.05) is 12.2 Å². The summed E-state index contributed by atoms with van der Waals surface area (Å²) < 4.78 is 5.67. The Morgan fingerprint density at radius 3 is 2.75 bits per heavy atom. The number of hydrogen-bond acceptors (Lipinski definition) is 3. The minimum Gasteiger partial charge on any atom is -0.444 e. The molecular weight excluding hydrogens is 292 g/mol. The van der Waals surface area contributed by atoms with Crippen molar-refractivity contribution in [2.45, 2.75) is 18.9 Å². The van der Waals surface area contributed by atoms with Crippen molar-refractivity contribution < 1.29 is 9.21 Å². The van der Waals surface area contributed by atoms with Crippen LogP contribution in [0.5, 0.6) is 0 Å². The maximum Gasteiger partial charge on any atom is 0.287 e. The Hall–Kier alpha value is -0.880.